The van der Waals surface area contributed by atoms with Crippen molar-refractivity contribution < 1.29 is 4.79 Å². The molecule has 3 aromatic rings. The second-order valence-corrected chi connectivity index (χ2v) is 7.15. The molecule has 0 saturated heterocycles. The van der Waals surface area contributed by atoms with E-state index in [2.05, 4.69) is 44.0 Å². The van der Waals surface area contributed by atoms with Gasteiger partial charge in [0, 0.05) is 25.6 Å². The van der Waals surface area contributed by atoms with Crippen LogP contribution in [-0.4, -0.2) is 42.3 Å². The van der Waals surface area contributed by atoms with Gasteiger partial charge in [-0.3, -0.25) is 9.89 Å². The Morgan fingerprint density at radius 1 is 1.22 bits per heavy atom. The Bertz CT molecular complexity index is 887. The number of aromatic nitrogens is 5. The van der Waals surface area contributed by atoms with E-state index in [1.807, 2.05) is 35.5 Å². The lowest BCUT2D eigenvalue weighted by molar-refractivity contribution is -0.133. The van der Waals surface area contributed by atoms with Crippen LogP contribution in [0.3, 0.4) is 0 Å². The van der Waals surface area contributed by atoms with Crippen molar-refractivity contribution in [3.63, 3.8) is 0 Å². The first-order chi connectivity index (χ1) is 13.2. The predicted octanol–water partition coefficient (Wildman–Crippen LogP) is 2.52. The third kappa shape index (κ3) is 3.92. The number of nitrogens with one attached hydrogen (secondary N) is 1. The molecule has 1 amide bonds. The Balaban J connectivity index is 1.39. The monoisotopic (exact) mass is 364 g/mol. The first-order valence-electron chi connectivity index (χ1n) is 9.42. The van der Waals surface area contributed by atoms with Crippen LogP contribution in [0.2, 0.25) is 0 Å². The number of hydrogen-bond acceptors (Lipinski definition) is 4. The zero-order chi connectivity index (χ0) is 18.6. The van der Waals surface area contributed by atoms with Gasteiger partial charge in [-0.1, -0.05) is 30.3 Å². The molecule has 0 spiro atoms. The molecular weight excluding hydrogens is 340 g/mol. The fourth-order valence-corrected chi connectivity index (χ4v) is 3.72. The third-order valence-electron chi connectivity index (χ3n) is 5.06. The second kappa shape index (κ2) is 7.73. The number of benzene rings is 1. The average molecular weight is 364 g/mol. The maximum atomic E-state index is 12.6. The van der Waals surface area contributed by atoms with E-state index in [0.717, 1.165) is 36.5 Å². The number of amides is 1. The summed E-state index contributed by atoms with van der Waals surface area (Å²) in [5, 5.41) is 15.5. The molecule has 1 atom stereocenters. The molecule has 4 rings (SSSR count). The molecule has 1 N–H and O–H groups in total. The first-order valence-corrected chi connectivity index (χ1v) is 9.42. The molecule has 1 aliphatic heterocycles. The van der Waals surface area contributed by atoms with Gasteiger partial charge in [-0.15, -0.1) is 10.2 Å². The summed E-state index contributed by atoms with van der Waals surface area (Å²) in [5.74, 6) is 2.03. The molecule has 7 nitrogen and oxygen atoms in total. The van der Waals surface area contributed by atoms with Gasteiger partial charge in [0.2, 0.25) is 5.91 Å². The SMILES string of the molecule is C[C@H]1CN(C(=O)CCCc2cn[nH]c2)Cc2nnc(Cc3ccccc3)n21. The lowest BCUT2D eigenvalue weighted by atomic mass is 10.1. The molecule has 0 unspecified atom stereocenters. The smallest absolute Gasteiger partial charge is 0.223 e. The van der Waals surface area contributed by atoms with Crippen molar-refractivity contribution in [2.45, 2.75) is 45.2 Å². The lowest BCUT2D eigenvalue weighted by Crippen LogP contribution is -2.40. The Morgan fingerprint density at radius 2 is 2.07 bits per heavy atom. The summed E-state index contributed by atoms with van der Waals surface area (Å²) in [7, 11) is 0. The highest BCUT2D eigenvalue weighted by molar-refractivity contribution is 5.76. The number of hydrogen-bond donors (Lipinski definition) is 1. The topological polar surface area (TPSA) is 79.7 Å². The van der Waals surface area contributed by atoms with Crippen LogP contribution in [0.4, 0.5) is 0 Å². The quantitative estimate of drug-likeness (QED) is 0.729. The molecule has 0 aliphatic carbocycles. The number of aryl methyl sites for hydroxylation is 1. The fourth-order valence-electron chi connectivity index (χ4n) is 3.72. The highest BCUT2D eigenvalue weighted by atomic mass is 16.2. The lowest BCUT2D eigenvalue weighted by Gasteiger charge is -2.32. The van der Waals surface area contributed by atoms with Gasteiger partial charge in [0.15, 0.2) is 5.82 Å². The maximum absolute atomic E-state index is 12.6. The molecule has 0 radical (unpaired) electrons. The molecule has 27 heavy (non-hydrogen) atoms. The number of aromatic amines is 1. The van der Waals surface area contributed by atoms with E-state index in [1.54, 1.807) is 0 Å². The number of rotatable bonds is 6. The van der Waals surface area contributed by atoms with E-state index < -0.39 is 0 Å². The summed E-state index contributed by atoms with van der Waals surface area (Å²) >= 11 is 0. The summed E-state index contributed by atoms with van der Waals surface area (Å²) in [6, 6.07) is 10.5. The Morgan fingerprint density at radius 3 is 2.85 bits per heavy atom. The maximum Gasteiger partial charge on any atom is 0.223 e. The molecule has 1 aliphatic rings. The van der Waals surface area contributed by atoms with Gasteiger partial charge < -0.3 is 9.47 Å². The third-order valence-corrected chi connectivity index (χ3v) is 5.06. The summed E-state index contributed by atoms with van der Waals surface area (Å²) in [5.41, 5.74) is 2.36. The van der Waals surface area contributed by atoms with Gasteiger partial charge in [-0.2, -0.15) is 5.10 Å². The van der Waals surface area contributed by atoms with Gasteiger partial charge in [0.05, 0.1) is 18.8 Å². The minimum atomic E-state index is 0.181. The highest BCUT2D eigenvalue weighted by Gasteiger charge is 2.28. The summed E-state index contributed by atoms with van der Waals surface area (Å²) < 4.78 is 2.20. The first kappa shape index (κ1) is 17.5. The van der Waals surface area contributed by atoms with Crippen molar-refractivity contribution >= 4 is 5.91 Å². The minimum Gasteiger partial charge on any atom is -0.333 e. The van der Waals surface area contributed by atoms with Crippen LogP contribution in [-0.2, 0) is 24.2 Å². The van der Waals surface area contributed by atoms with Crippen molar-refractivity contribution in [2.24, 2.45) is 0 Å². The molecule has 1 aromatic carbocycles. The van der Waals surface area contributed by atoms with Crippen molar-refractivity contribution in [2.75, 3.05) is 6.54 Å². The number of nitrogens with zero attached hydrogens (tertiary/aromatic N) is 5. The zero-order valence-corrected chi connectivity index (χ0v) is 15.5. The fraction of sp³-hybridized carbons (Fsp3) is 0.400. The molecule has 3 heterocycles. The van der Waals surface area contributed by atoms with Crippen LogP contribution in [0.1, 0.15) is 48.6 Å². The number of carbonyl (C=O) groups is 1. The standard InChI is InChI=1S/C20H24N6O/c1-15-13-25(20(27)9-5-8-17-11-21-22-12-17)14-19-24-23-18(26(15)19)10-16-6-3-2-4-7-16/h2-4,6-7,11-12,15H,5,8-10,13-14H2,1H3,(H,21,22)/t15-/m0/s1. The average Bonchev–Trinajstić information content (AvgIpc) is 3.33. The van der Waals surface area contributed by atoms with E-state index >= 15 is 0 Å². The van der Waals surface area contributed by atoms with E-state index in [1.165, 1.54) is 5.56 Å². The van der Waals surface area contributed by atoms with E-state index in [4.69, 9.17) is 0 Å². The van der Waals surface area contributed by atoms with Crippen molar-refractivity contribution in [1.29, 1.82) is 0 Å². The summed E-state index contributed by atoms with van der Waals surface area (Å²) in [6.07, 6.45) is 6.69. The second-order valence-electron chi connectivity index (χ2n) is 7.15. The van der Waals surface area contributed by atoms with Gasteiger partial charge in [0.25, 0.3) is 0 Å². The van der Waals surface area contributed by atoms with Crippen LogP contribution in [0.5, 0.6) is 0 Å². The summed E-state index contributed by atoms with van der Waals surface area (Å²) in [6.45, 7) is 3.38. The predicted molar refractivity (Wildman–Crippen MR) is 101 cm³/mol. The van der Waals surface area contributed by atoms with Gasteiger partial charge in [0.1, 0.15) is 5.82 Å². The molecule has 2 aromatic heterocycles. The molecule has 140 valence electrons. The normalized spacial score (nSPS) is 16.3. The number of fused-ring (bicyclic) bond motifs is 1. The molecule has 0 bridgehead atoms. The van der Waals surface area contributed by atoms with E-state index in [0.29, 0.717) is 19.5 Å². The number of H-pyrrole nitrogens is 1. The molecule has 7 heteroatoms. The zero-order valence-electron chi connectivity index (χ0n) is 15.5. The van der Waals surface area contributed by atoms with Gasteiger partial charge in [-0.05, 0) is 30.9 Å². The molecule has 0 saturated carbocycles. The Hall–Kier alpha value is -2.96. The number of carbonyl (C=O) groups excluding carboxylic acids is 1. The summed E-state index contributed by atoms with van der Waals surface area (Å²) in [4.78, 5) is 14.5. The van der Waals surface area contributed by atoms with Crippen LogP contribution in [0.15, 0.2) is 42.7 Å². The van der Waals surface area contributed by atoms with Crippen molar-refractivity contribution in [3.05, 3.63) is 65.5 Å². The van der Waals surface area contributed by atoms with Crippen molar-refractivity contribution in [3.8, 4) is 0 Å². The van der Waals surface area contributed by atoms with E-state index in [9.17, 15) is 4.79 Å². The Kier molecular flexibility index (Phi) is 5.00. The van der Waals surface area contributed by atoms with Crippen LogP contribution >= 0.6 is 0 Å². The highest BCUT2D eigenvalue weighted by Crippen LogP contribution is 2.23. The van der Waals surface area contributed by atoms with Crippen LogP contribution in [0, 0.1) is 0 Å². The molecular formula is C20H24N6O. The van der Waals surface area contributed by atoms with Gasteiger partial charge >= 0.3 is 0 Å². The van der Waals surface area contributed by atoms with Crippen molar-refractivity contribution in [1.82, 2.24) is 29.9 Å². The van der Waals surface area contributed by atoms with Crippen LogP contribution in [0.25, 0.3) is 0 Å². The molecule has 0 fully saturated rings. The van der Waals surface area contributed by atoms with Gasteiger partial charge in [-0.25, -0.2) is 0 Å². The minimum absolute atomic E-state index is 0.181. The van der Waals surface area contributed by atoms with Crippen LogP contribution < -0.4 is 0 Å². The largest absolute Gasteiger partial charge is 0.333 e. The Labute approximate surface area is 158 Å². The van der Waals surface area contributed by atoms with E-state index in [-0.39, 0.29) is 11.9 Å².